The first kappa shape index (κ1) is 14.8. The Hall–Kier alpha value is -2.34. The van der Waals surface area contributed by atoms with E-state index in [0.717, 1.165) is 35.5 Å². The molecule has 0 nitrogen and oxygen atoms in total. The van der Waals surface area contributed by atoms with E-state index in [4.69, 9.17) is 0 Å². The summed E-state index contributed by atoms with van der Waals surface area (Å²) in [7, 11) is 0. The summed E-state index contributed by atoms with van der Waals surface area (Å²) in [6.07, 6.45) is 12.7. The van der Waals surface area contributed by atoms with Crippen molar-refractivity contribution in [3.05, 3.63) is 95.1 Å². The third-order valence-corrected chi connectivity index (χ3v) is 7.45. The molecule has 2 aromatic carbocycles. The SMILES string of the molecule is C1=CC2C(C1)C1CC2C2C(=C/c3ccccc3)/C(=C\c3ccccc3)C12. The summed E-state index contributed by atoms with van der Waals surface area (Å²) in [5.41, 5.74) is 5.95. The molecule has 3 saturated carbocycles. The van der Waals surface area contributed by atoms with Crippen LogP contribution in [0.15, 0.2) is 84.0 Å². The van der Waals surface area contributed by atoms with Crippen LogP contribution in [-0.2, 0) is 0 Å². The highest BCUT2D eigenvalue weighted by molar-refractivity contribution is 5.73. The molecule has 2 aromatic rings. The lowest BCUT2D eigenvalue weighted by Gasteiger charge is -2.50. The van der Waals surface area contributed by atoms with Gasteiger partial charge in [0.25, 0.3) is 0 Å². The Balaban J connectivity index is 1.44. The summed E-state index contributed by atoms with van der Waals surface area (Å²) in [5.74, 6) is 5.18. The summed E-state index contributed by atoms with van der Waals surface area (Å²) >= 11 is 0. The lowest BCUT2D eigenvalue weighted by Crippen LogP contribution is -2.42. The van der Waals surface area contributed by atoms with E-state index >= 15 is 0 Å². The molecular formula is C26H24. The van der Waals surface area contributed by atoms with Gasteiger partial charge in [0.2, 0.25) is 0 Å². The van der Waals surface area contributed by atoms with Crippen LogP contribution in [-0.4, -0.2) is 0 Å². The monoisotopic (exact) mass is 336 g/mol. The third kappa shape index (κ3) is 2.02. The Bertz CT molecular complexity index is 915. The second-order valence-corrected chi connectivity index (χ2v) is 8.54. The number of hydrogen-bond donors (Lipinski definition) is 0. The van der Waals surface area contributed by atoms with E-state index in [2.05, 4.69) is 85.0 Å². The Morgan fingerprint density at radius 1 is 0.654 bits per heavy atom. The number of allylic oxidation sites excluding steroid dienone is 4. The molecule has 0 saturated heterocycles. The van der Waals surface area contributed by atoms with Crippen molar-refractivity contribution in [2.75, 3.05) is 0 Å². The van der Waals surface area contributed by atoms with Gasteiger partial charge in [0.1, 0.15) is 0 Å². The average molecular weight is 336 g/mol. The van der Waals surface area contributed by atoms with E-state index in [0.29, 0.717) is 0 Å². The largest absolute Gasteiger partial charge is 0.0879 e. The maximum Gasteiger partial charge on any atom is -0.00530 e. The zero-order valence-corrected chi connectivity index (χ0v) is 15.0. The van der Waals surface area contributed by atoms with Crippen molar-refractivity contribution in [1.82, 2.24) is 0 Å². The van der Waals surface area contributed by atoms with Gasteiger partial charge in [-0.25, -0.2) is 0 Å². The van der Waals surface area contributed by atoms with Gasteiger partial charge in [-0.1, -0.05) is 85.0 Å². The zero-order chi connectivity index (χ0) is 17.1. The van der Waals surface area contributed by atoms with Crippen LogP contribution in [0.25, 0.3) is 12.2 Å². The summed E-state index contributed by atoms with van der Waals surface area (Å²) in [6.45, 7) is 0. The average Bonchev–Trinajstić information content (AvgIpc) is 3.37. The molecule has 6 unspecified atom stereocenters. The van der Waals surface area contributed by atoms with Crippen LogP contribution < -0.4 is 0 Å². The first-order valence-electron chi connectivity index (χ1n) is 10.1. The molecule has 3 fully saturated rings. The minimum Gasteiger partial charge on any atom is -0.0879 e. The fourth-order valence-electron chi connectivity index (χ4n) is 6.54. The molecule has 4 aliphatic rings. The highest BCUT2D eigenvalue weighted by Gasteiger charge is 2.64. The minimum atomic E-state index is 0.791. The third-order valence-electron chi connectivity index (χ3n) is 7.45. The summed E-state index contributed by atoms with van der Waals surface area (Å²) in [6, 6.07) is 21.8. The quantitative estimate of drug-likeness (QED) is 0.569. The molecule has 0 N–H and O–H groups in total. The number of rotatable bonds is 2. The lowest BCUT2D eigenvalue weighted by molar-refractivity contribution is 0.148. The summed E-state index contributed by atoms with van der Waals surface area (Å²) in [5, 5.41) is 0. The summed E-state index contributed by atoms with van der Waals surface area (Å²) in [4.78, 5) is 0. The second-order valence-electron chi connectivity index (χ2n) is 8.54. The smallest absolute Gasteiger partial charge is 0.00530 e. The van der Waals surface area contributed by atoms with E-state index in [1.807, 2.05) is 0 Å². The topological polar surface area (TPSA) is 0 Å². The van der Waals surface area contributed by atoms with Crippen LogP contribution in [0.1, 0.15) is 24.0 Å². The molecular weight excluding hydrogens is 312 g/mol. The van der Waals surface area contributed by atoms with E-state index in [-0.39, 0.29) is 0 Å². The Kier molecular flexibility index (Phi) is 3.17. The van der Waals surface area contributed by atoms with E-state index in [9.17, 15) is 0 Å². The van der Waals surface area contributed by atoms with Crippen LogP contribution in [0, 0.1) is 35.5 Å². The van der Waals surface area contributed by atoms with Gasteiger partial charge in [-0.3, -0.25) is 0 Å². The van der Waals surface area contributed by atoms with Crippen molar-refractivity contribution in [2.45, 2.75) is 12.8 Å². The van der Waals surface area contributed by atoms with Gasteiger partial charge < -0.3 is 0 Å². The molecule has 0 aromatic heterocycles. The molecule has 6 rings (SSSR count). The fraction of sp³-hybridized carbons (Fsp3) is 0.308. The molecule has 0 spiro atoms. The van der Waals surface area contributed by atoms with Crippen molar-refractivity contribution < 1.29 is 0 Å². The number of fused-ring (bicyclic) bond motifs is 8. The summed E-state index contributed by atoms with van der Waals surface area (Å²) < 4.78 is 0. The molecule has 0 amide bonds. The van der Waals surface area contributed by atoms with Gasteiger partial charge in [0.15, 0.2) is 0 Å². The van der Waals surface area contributed by atoms with Gasteiger partial charge >= 0.3 is 0 Å². The molecule has 26 heavy (non-hydrogen) atoms. The molecule has 0 heteroatoms. The van der Waals surface area contributed by atoms with E-state index in [1.54, 1.807) is 11.1 Å². The maximum absolute atomic E-state index is 2.55. The van der Waals surface area contributed by atoms with Crippen molar-refractivity contribution in [3.8, 4) is 0 Å². The second kappa shape index (κ2) is 5.58. The van der Waals surface area contributed by atoms with Gasteiger partial charge in [0.05, 0.1) is 0 Å². The molecule has 4 aliphatic carbocycles. The molecule has 0 aliphatic heterocycles. The first-order chi connectivity index (χ1) is 12.9. The Morgan fingerprint density at radius 2 is 1.23 bits per heavy atom. The van der Waals surface area contributed by atoms with Gasteiger partial charge in [-0.2, -0.15) is 0 Å². The first-order valence-corrected chi connectivity index (χ1v) is 10.1. The predicted molar refractivity (Wildman–Crippen MR) is 108 cm³/mol. The van der Waals surface area contributed by atoms with Crippen LogP contribution in [0.4, 0.5) is 0 Å². The van der Waals surface area contributed by atoms with Crippen LogP contribution in [0.2, 0.25) is 0 Å². The predicted octanol–water partition coefficient (Wildman–Crippen LogP) is 6.24. The molecule has 0 radical (unpaired) electrons. The lowest BCUT2D eigenvalue weighted by atomic mass is 9.54. The molecule has 0 heterocycles. The normalized spacial score (nSPS) is 39.2. The van der Waals surface area contributed by atoms with Gasteiger partial charge in [0, 0.05) is 0 Å². The Labute approximate surface area is 156 Å². The number of benzene rings is 2. The van der Waals surface area contributed by atoms with Crippen LogP contribution in [0.3, 0.4) is 0 Å². The van der Waals surface area contributed by atoms with Crippen LogP contribution in [0.5, 0.6) is 0 Å². The highest BCUT2D eigenvalue weighted by Crippen LogP contribution is 2.71. The highest BCUT2D eigenvalue weighted by atomic mass is 14.7. The molecule has 2 bridgehead atoms. The maximum atomic E-state index is 2.55. The minimum absolute atomic E-state index is 0.791. The van der Waals surface area contributed by atoms with Gasteiger partial charge in [-0.05, 0) is 70.6 Å². The van der Waals surface area contributed by atoms with Crippen molar-refractivity contribution in [3.63, 3.8) is 0 Å². The van der Waals surface area contributed by atoms with Crippen molar-refractivity contribution in [1.29, 1.82) is 0 Å². The van der Waals surface area contributed by atoms with E-state index in [1.165, 1.54) is 24.0 Å². The Morgan fingerprint density at radius 3 is 1.85 bits per heavy atom. The molecule has 128 valence electrons. The van der Waals surface area contributed by atoms with Crippen molar-refractivity contribution in [2.24, 2.45) is 35.5 Å². The van der Waals surface area contributed by atoms with Crippen LogP contribution >= 0.6 is 0 Å². The van der Waals surface area contributed by atoms with Gasteiger partial charge in [-0.15, -0.1) is 0 Å². The number of hydrogen-bond acceptors (Lipinski definition) is 0. The van der Waals surface area contributed by atoms with E-state index < -0.39 is 0 Å². The zero-order valence-electron chi connectivity index (χ0n) is 15.0. The standard InChI is InChI=1S/C26H24/c1-3-8-17(9-4-1)14-21-22(15-18-10-5-2-6-11-18)26-24-16-23(25(21)26)19-12-7-13-20(19)24/h1-12,14-15,19-20,23-26H,13,16H2/b21-14+,22-15+. The van der Waals surface area contributed by atoms with Crippen molar-refractivity contribution >= 4 is 12.2 Å². The molecule has 6 atom stereocenters. The fourth-order valence-corrected chi connectivity index (χ4v) is 6.54.